The van der Waals surface area contributed by atoms with Crippen LogP contribution < -0.4 is 4.90 Å². The molecule has 10 heteroatoms. The molecule has 2 unspecified atom stereocenters. The third kappa shape index (κ3) is 4.08. The number of hydrogen-bond donors (Lipinski definition) is 3. The molecule has 146 valence electrons. The zero-order valence-electron chi connectivity index (χ0n) is 14.2. The number of β-amino-alcohol motifs (C(OH)–C–C–N with tert-alkyl or cyclic N) is 1. The average Bonchev–Trinajstić information content (AvgIpc) is 3.05. The molecule has 2 saturated heterocycles. The van der Waals surface area contributed by atoms with E-state index in [4.69, 9.17) is 0 Å². The van der Waals surface area contributed by atoms with Crippen LogP contribution in [0.3, 0.4) is 0 Å². The van der Waals surface area contributed by atoms with Crippen molar-refractivity contribution in [1.29, 1.82) is 0 Å². The van der Waals surface area contributed by atoms with E-state index in [0.717, 1.165) is 6.33 Å². The minimum absolute atomic E-state index is 0.0182. The van der Waals surface area contributed by atoms with Crippen LogP contribution in [0.15, 0.2) is 12.5 Å². The summed E-state index contributed by atoms with van der Waals surface area (Å²) < 4.78 is 39.4. The number of aromatic nitrogens is 2. The van der Waals surface area contributed by atoms with Crippen molar-refractivity contribution in [3.8, 4) is 0 Å². The van der Waals surface area contributed by atoms with Crippen LogP contribution >= 0.6 is 0 Å². The van der Waals surface area contributed by atoms with E-state index in [0.29, 0.717) is 26.1 Å². The Labute approximate surface area is 149 Å². The fourth-order valence-corrected chi connectivity index (χ4v) is 3.81. The maximum atomic E-state index is 13.1. The summed E-state index contributed by atoms with van der Waals surface area (Å²) in [6.07, 6.45) is -3.22. The third-order valence-corrected chi connectivity index (χ3v) is 5.19. The number of halogens is 3. The van der Waals surface area contributed by atoms with E-state index >= 15 is 0 Å². The molecule has 0 aliphatic carbocycles. The molecule has 0 radical (unpaired) electrons. The van der Waals surface area contributed by atoms with E-state index in [1.54, 1.807) is 4.90 Å². The Kier molecular flexibility index (Phi) is 5.66. The van der Waals surface area contributed by atoms with Gasteiger partial charge in [-0.15, -0.1) is 0 Å². The number of hydrogen-bond acceptors (Lipinski definition) is 7. The van der Waals surface area contributed by atoms with Crippen LogP contribution in [0.4, 0.5) is 18.9 Å². The Bertz CT molecular complexity index is 619. The second-order valence-electron chi connectivity index (χ2n) is 7.02. The quantitative estimate of drug-likeness (QED) is 0.687. The highest BCUT2D eigenvalue weighted by Crippen LogP contribution is 2.36. The number of piperidine rings is 1. The molecule has 3 N–H and O–H groups in total. The van der Waals surface area contributed by atoms with Crippen molar-refractivity contribution >= 4 is 5.69 Å². The zero-order chi connectivity index (χ0) is 18.9. The Hall–Kier alpha value is -1.49. The fourth-order valence-electron chi connectivity index (χ4n) is 3.81. The van der Waals surface area contributed by atoms with Crippen LogP contribution in [0.2, 0.25) is 0 Å². The minimum atomic E-state index is -4.54. The van der Waals surface area contributed by atoms with Crippen molar-refractivity contribution in [2.45, 2.75) is 37.3 Å². The van der Waals surface area contributed by atoms with E-state index in [2.05, 4.69) is 9.97 Å². The van der Waals surface area contributed by atoms with Crippen LogP contribution in [-0.4, -0.2) is 81.2 Å². The molecule has 2 aliphatic heterocycles. The van der Waals surface area contributed by atoms with Crippen LogP contribution in [0, 0.1) is 5.92 Å². The lowest BCUT2D eigenvalue weighted by atomic mass is 9.95. The lowest BCUT2D eigenvalue weighted by molar-refractivity contribution is -0.140. The smallest absolute Gasteiger partial charge is 0.395 e. The molecule has 7 nitrogen and oxygen atoms in total. The molecule has 0 aromatic carbocycles. The second-order valence-corrected chi connectivity index (χ2v) is 7.02. The first-order valence-electron chi connectivity index (χ1n) is 8.62. The van der Waals surface area contributed by atoms with E-state index in [1.807, 2.05) is 4.90 Å². The first kappa shape index (κ1) is 19.3. The van der Waals surface area contributed by atoms with Crippen molar-refractivity contribution in [1.82, 2.24) is 14.9 Å². The molecule has 0 spiro atoms. The molecule has 0 amide bonds. The molecule has 4 atom stereocenters. The van der Waals surface area contributed by atoms with Gasteiger partial charge in [0, 0.05) is 32.2 Å². The van der Waals surface area contributed by atoms with E-state index in [-0.39, 0.29) is 37.2 Å². The summed E-state index contributed by atoms with van der Waals surface area (Å²) in [4.78, 5) is 10.7. The Morgan fingerprint density at radius 1 is 1.19 bits per heavy atom. The largest absolute Gasteiger partial charge is 0.435 e. The standard InChI is InChI=1S/C16H23F3N4O3/c17-16(18,19)15-12(4-20-9-21-15)22-2-1-10(5-22)6-23-7-14(26)13(25)3-11(23)8-24/h4,9-11,13-14,24-26H,1-3,5-8H2/t10?,11-,13?,14+/m1/s1. The van der Waals surface area contributed by atoms with Crippen molar-refractivity contribution in [2.75, 3.05) is 37.7 Å². The van der Waals surface area contributed by atoms with Crippen molar-refractivity contribution in [2.24, 2.45) is 5.92 Å². The third-order valence-electron chi connectivity index (χ3n) is 5.19. The topological polar surface area (TPSA) is 93.0 Å². The molecule has 26 heavy (non-hydrogen) atoms. The van der Waals surface area contributed by atoms with Gasteiger partial charge in [-0.1, -0.05) is 0 Å². The van der Waals surface area contributed by atoms with Crippen LogP contribution in [0.1, 0.15) is 18.5 Å². The van der Waals surface area contributed by atoms with Gasteiger partial charge in [-0.05, 0) is 18.8 Å². The number of nitrogens with zero attached hydrogens (tertiary/aromatic N) is 4. The molecule has 3 rings (SSSR count). The first-order chi connectivity index (χ1) is 12.3. The molecule has 1 aromatic rings. The van der Waals surface area contributed by atoms with Crippen molar-refractivity contribution in [3.05, 3.63) is 18.2 Å². The summed E-state index contributed by atoms with van der Waals surface area (Å²) in [5.74, 6) is 0.0905. The minimum Gasteiger partial charge on any atom is -0.395 e. The van der Waals surface area contributed by atoms with Crippen molar-refractivity contribution in [3.63, 3.8) is 0 Å². The Morgan fingerprint density at radius 2 is 1.96 bits per heavy atom. The van der Waals surface area contributed by atoms with E-state index < -0.39 is 24.1 Å². The monoisotopic (exact) mass is 376 g/mol. The van der Waals surface area contributed by atoms with Crippen molar-refractivity contribution < 1.29 is 28.5 Å². The maximum Gasteiger partial charge on any atom is 0.435 e. The van der Waals surface area contributed by atoms with Gasteiger partial charge in [-0.2, -0.15) is 13.2 Å². The molecule has 2 fully saturated rings. The van der Waals surface area contributed by atoms with Gasteiger partial charge in [0.25, 0.3) is 0 Å². The van der Waals surface area contributed by atoms with Gasteiger partial charge < -0.3 is 20.2 Å². The predicted octanol–water partition coefficient (Wildman–Crippen LogP) is 0.110. The number of aliphatic hydroxyl groups is 3. The number of rotatable bonds is 4. The fraction of sp³-hybridized carbons (Fsp3) is 0.750. The molecule has 0 bridgehead atoms. The number of aliphatic hydroxyl groups excluding tert-OH is 3. The summed E-state index contributed by atoms with van der Waals surface area (Å²) >= 11 is 0. The SMILES string of the molecule is OC[C@H]1CC(O)[C@@H](O)CN1CC1CCN(c2cncnc2C(F)(F)F)C1. The Morgan fingerprint density at radius 3 is 2.65 bits per heavy atom. The molecule has 2 aliphatic rings. The van der Waals surface area contributed by atoms with E-state index in [1.165, 1.54) is 6.20 Å². The molecule has 3 heterocycles. The van der Waals surface area contributed by atoms with Gasteiger partial charge in [-0.3, -0.25) is 4.90 Å². The summed E-state index contributed by atoms with van der Waals surface area (Å²) in [5, 5.41) is 29.1. The summed E-state index contributed by atoms with van der Waals surface area (Å²) in [5.41, 5.74) is -0.951. The Balaban J connectivity index is 1.66. The average molecular weight is 376 g/mol. The van der Waals surface area contributed by atoms with Crippen LogP contribution in [0.5, 0.6) is 0 Å². The molecular weight excluding hydrogens is 353 g/mol. The summed E-state index contributed by atoms with van der Waals surface area (Å²) in [6.45, 7) is 1.53. The maximum absolute atomic E-state index is 13.1. The zero-order valence-corrected chi connectivity index (χ0v) is 14.2. The number of alkyl halides is 3. The van der Waals surface area contributed by atoms with Crippen LogP contribution in [-0.2, 0) is 6.18 Å². The van der Waals surface area contributed by atoms with Gasteiger partial charge in [0.1, 0.15) is 6.33 Å². The van der Waals surface area contributed by atoms with Gasteiger partial charge in [0.15, 0.2) is 5.69 Å². The predicted molar refractivity (Wildman–Crippen MR) is 86.4 cm³/mol. The lowest BCUT2D eigenvalue weighted by Crippen LogP contribution is -2.54. The molecule has 1 aromatic heterocycles. The molecule has 0 saturated carbocycles. The second kappa shape index (κ2) is 7.63. The van der Waals surface area contributed by atoms with Gasteiger partial charge in [0.2, 0.25) is 0 Å². The number of anilines is 1. The van der Waals surface area contributed by atoms with Gasteiger partial charge in [0.05, 0.1) is 30.7 Å². The summed E-state index contributed by atoms with van der Waals surface area (Å²) in [6, 6.07) is -0.256. The van der Waals surface area contributed by atoms with Gasteiger partial charge in [-0.25, -0.2) is 9.97 Å². The molecular formula is C16H23F3N4O3. The van der Waals surface area contributed by atoms with E-state index in [9.17, 15) is 28.5 Å². The van der Waals surface area contributed by atoms with Gasteiger partial charge >= 0.3 is 6.18 Å². The highest BCUT2D eigenvalue weighted by atomic mass is 19.4. The van der Waals surface area contributed by atoms with Crippen LogP contribution in [0.25, 0.3) is 0 Å². The lowest BCUT2D eigenvalue weighted by Gasteiger charge is -2.40. The highest BCUT2D eigenvalue weighted by Gasteiger charge is 2.39. The first-order valence-corrected chi connectivity index (χ1v) is 8.62. The summed E-state index contributed by atoms with van der Waals surface area (Å²) in [7, 11) is 0. The number of likely N-dealkylation sites (tertiary alicyclic amines) is 1. The normalized spacial score (nSPS) is 30.8. The highest BCUT2D eigenvalue weighted by molar-refractivity contribution is 5.50.